The van der Waals surface area contributed by atoms with Gasteiger partial charge in [0, 0.05) is 19.1 Å². The summed E-state index contributed by atoms with van der Waals surface area (Å²) < 4.78 is 66.3. The predicted octanol–water partition coefficient (Wildman–Crippen LogP) is 2.63. The first-order chi connectivity index (χ1) is 11.7. The fourth-order valence-corrected chi connectivity index (χ4v) is 4.45. The zero-order valence-corrected chi connectivity index (χ0v) is 14.3. The third-order valence-electron chi connectivity index (χ3n) is 4.39. The molecule has 0 unspecified atom stereocenters. The molecule has 0 atom stereocenters. The summed E-state index contributed by atoms with van der Waals surface area (Å²) in [5.41, 5.74) is -0.867. The Labute approximate surface area is 143 Å². The van der Waals surface area contributed by atoms with Crippen molar-refractivity contribution < 1.29 is 21.6 Å². The SMILES string of the molecule is Cc1nncn1C1CCN(S(=O)(=O)c2ccc(C(F)(F)F)cc2)CC1. The van der Waals surface area contributed by atoms with E-state index in [2.05, 4.69) is 10.2 Å². The minimum absolute atomic E-state index is 0.119. The monoisotopic (exact) mass is 374 g/mol. The van der Waals surface area contributed by atoms with E-state index in [1.54, 1.807) is 6.33 Å². The first kappa shape index (κ1) is 17.9. The highest BCUT2D eigenvalue weighted by molar-refractivity contribution is 7.89. The normalized spacial score (nSPS) is 17.8. The van der Waals surface area contributed by atoms with E-state index in [0.717, 1.165) is 30.1 Å². The van der Waals surface area contributed by atoms with Crippen LogP contribution in [0.4, 0.5) is 13.2 Å². The van der Waals surface area contributed by atoms with Crippen LogP contribution in [0.2, 0.25) is 0 Å². The molecule has 1 aromatic carbocycles. The Bertz CT molecular complexity index is 838. The van der Waals surface area contributed by atoms with Crippen molar-refractivity contribution in [3.63, 3.8) is 0 Å². The Morgan fingerprint density at radius 1 is 1.12 bits per heavy atom. The second-order valence-electron chi connectivity index (χ2n) is 5.94. The third kappa shape index (κ3) is 3.54. The lowest BCUT2D eigenvalue weighted by molar-refractivity contribution is -0.137. The van der Waals surface area contributed by atoms with E-state index in [4.69, 9.17) is 0 Å². The Balaban J connectivity index is 1.73. The van der Waals surface area contributed by atoms with E-state index in [-0.39, 0.29) is 10.9 Å². The molecule has 25 heavy (non-hydrogen) atoms. The maximum Gasteiger partial charge on any atom is 0.416 e. The van der Waals surface area contributed by atoms with Crippen LogP contribution in [0, 0.1) is 6.92 Å². The van der Waals surface area contributed by atoms with Gasteiger partial charge in [0.1, 0.15) is 12.2 Å². The number of aryl methyl sites for hydroxylation is 1. The van der Waals surface area contributed by atoms with Crippen LogP contribution in [0.5, 0.6) is 0 Å². The number of benzene rings is 1. The quantitative estimate of drug-likeness (QED) is 0.828. The lowest BCUT2D eigenvalue weighted by Crippen LogP contribution is -2.39. The molecule has 0 bridgehead atoms. The van der Waals surface area contributed by atoms with E-state index < -0.39 is 21.8 Å². The predicted molar refractivity (Wildman–Crippen MR) is 83.2 cm³/mol. The lowest BCUT2D eigenvalue weighted by atomic mass is 10.1. The number of hydrogen-bond acceptors (Lipinski definition) is 4. The third-order valence-corrected chi connectivity index (χ3v) is 6.30. The van der Waals surface area contributed by atoms with Crippen molar-refractivity contribution in [2.45, 2.75) is 36.9 Å². The number of hydrogen-bond donors (Lipinski definition) is 0. The summed E-state index contributed by atoms with van der Waals surface area (Å²) in [7, 11) is -3.80. The summed E-state index contributed by atoms with van der Waals surface area (Å²) >= 11 is 0. The van der Waals surface area contributed by atoms with Crippen LogP contribution in [-0.4, -0.2) is 40.6 Å². The van der Waals surface area contributed by atoms with Crippen molar-refractivity contribution in [2.24, 2.45) is 0 Å². The van der Waals surface area contributed by atoms with E-state index in [9.17, 15) is 21.6 Å². The van der Waals surface area contributed by atoms with Gasteiger partial charge in [0.05, 0.1) is 10.5 Å². The molecule has 1 aliphatic rings. The second kappa shape index (κ2) is 6.41. The van der Waals surface area contributed by atoms with Crippen LogP contribution < -0.4 is 0 Å². The van der Waals surface area contributed by atoms with Gasteiger partial charge in [0.2, 0.25) is 10.0 Å². The van der Waals surface area contributed by atoms with Gasteiger partial charge in [-0.05, 0) is 44.0 Å². The summed E-state index contributed by atoms with van der Waals surface area (Å²) in [6.07, 6.45) is -1.67. The number of halogens is 3. The van der Waals surface area contributed by atoms with Gasteiger partial charge in [-0.1, -0.05) is 0 Å². The molecule has 6 nitrogen and oxygen atoms in total. The average molecular weight is 374 g/mol. The number of rotatable bonds is 3. The molecule has 0 amide bonds. The van der Waals surface area contributed by atoms with Crippen molar-refractivity contribution >= 4 is 10.0 Å². The Morgan fingerprint density at radius 2 is 1.72 bits per heavy atom. The summed E-state index contributed by atoms with van der Waals surface area (Å²) in [6.45, 7) is 2.43. The summed E-state index contributed by atoms with van der Waals surface area (Å²) in [5, 5.41) is 7.75. The summed E-state index contributed by atoms with van der Waals surface area (Å²) in [4.78, 5) is -0.126. The van der Waals surface area contributed by atoms with Crippen molar-refractivity contribution in [1.82, 2.24) is 19.1 Å². The smallest absolute Gasteiger partial charge is 0.315 e. The molecular formula is C15H17F3N4O2S. The molecule has 0 N–H and O–H groups in total. The number of piperidine rings is 1. The molecule has 1 aromatic heterocycles. The first-order valence-electron chi connectivity index (χ1n) is 7.73. The minimum Gasteiger partial charge on any atom is -0.315 e. The lowest BCUT2D eigenvalue weighted by Gasteiger charge is -2.32. The highest BCUT2D eigenvalue weighted by Gasteiger charge is 2.33. The van der Waals surface area contributed by atoms with Gasteiger partial charge in [-0.25, -0.2) is 8.42 Å². The molecule has 1 aliphatic heterocycles. The van der Waals surface area contributed by atoms with Gasteiger partial charge in [0.25, 0.3) is 0 Å². The molecule has 0 spiro atoms. The van der Waals surface area contributed by atoms with Gasteiger partial charge < -0.3 is 4.57 Å². The highest BCUT2D eigenvalue weighted by atomic mass is 32.2. The fraction of sp³-hybridized carbons (Fsp3) is 0.467. The van der Waals surface area contributed by atoms with Crippen LogP contribution in [0.15, 0.2) is 35.5 Å². The Kier molecular flexibility index (Phi) is 4.58. The van der Waals surface area contributed by atoms with Crippen molar-refractivity contribution in [2.75, 3.05) is 13.1 Å². The van der Waals surface area contributed by atoms with Gasteiger partial charge in [-0.2, -0.15) is 17.5 Å². The molecule has 1 fully saturated rings. The van der Waals surface area contributed by atoms with E-state index in [1.165, 1.54) is 4.31 Å². The molecule has 136 valence electrons. The topological polar surface area (TPSA) is 68.1 Å². The van der Waals surface area contributed by atoms with Crippen molar-refractivity contribution in [3.05, 3.63) is 42.0 Å². The Morgan fingerprint density at radius 3 is 2.20 bits per heavy atom. The fourth-order valence-electron chi connectivity index (χ4n) is 2.98. The van der Waals surface area contributed by atoms with Crippen molar-refractivity contribution in [1.29, 1.82) is 0 Å². The summed E-state index contributed by atoms with van der Waals surface area (Å²) in [5.74, 6) is 0.768. The van der Waals surface area contributed by atoms with Crippen molar-refractivity contribution in [3.8, 4) is 0 Å². The van der Waals surface area contributed by atoms with Crippen LogP contribution >= 0.6 is 0 Å². The van der Waals surface area contributed by atoms with Gasteiger partial charge in [0.15, 0.2) is 0 Å². The molecule has 0 radical (unpaired) electrons. The molecular weight excluding hydrogens is 357 g/mol. The van der Waals surface area contributed by atoms with Gasteiger partial charge >= 0.3 is 6.18 Å². The standard InChI is InChI=1S/C15H17F3N4O2S/c1-11-20-19-10-22(11)13-6-8-21(9-7-13)25(23,24)14-4-2-12(3-5-14)15(16,17)18/h2-5,10,13H,6-9H2,1H3. The number of nitrogens with zero attached hydrogens (tertiary/aromatic N) is 4. The molecule has 2 aromatic rings. The maximum atomic E-state index is 12.6. The Hall–Kier alpha value is -1.94. The second-order valence-corrected chi connectivity index (χ2v) is 7.88. The zero-order chi connectivity index (χ0) is 18.2. The van der Waals surface area contributed by atoms with E-state index in [1.807, 2.05) is 11.5 Å². The summed E-state index contributed by atoms with van der Waals surface area (Å²) in [6, 6.07) is 3.72. The molecule has 3 rings (SSSR count). The molecule has 2 heterocycles. The van der Waals surface area contributed by atoms with Gasteiger partial charge in [-0.3, -0.25) is 0 Å². The number of aromatic nitrogens is 3. The average Bonchev–Trinajstić information content (AvgIpc) is 3.00. The zero-order valence-electron chi connectivity index (χ0n) is 13.4. The first-order valence-corrected chi connectivity index (χ1v) is 9.17. The number of sulfonamides is 1. The van der Waals surface area contributed by atoms with E-state index >= 15 is 0 Å². The maximum absolute atomic E-state index is 12.6. The number of alkyl halides is 3. The minimum atomic E-state index is -4.49. The molecule has 10 heteroatoms. The molecule has 0 saturated carbocycles. The van der Waals surface area contributed by atoms with Gasteiger partial charge in [-0.15, -0.1) is 10.2 Å². The molecule has 0 aliphatic carbocycles. The van der Waals surface area contributed by atoms with Crippen LogP contribution in [0.1, 0.15) is 30.3 Å². The largest absolute Gasteiger partial charge is 0.416 e. The van der Waals surface area contributed by atoms with Crippen LogP contribution in [0.3, 0.4) is 0 Å². The van der Waals surface area contributed by atoms with Crippen LogP contribution in [0.25, 0.3) is 0 Å². The van der Waals surface area contributed by atoms with E-state index in [0.29, 0.717) is 25.9 Å². The highest BCUT2D eigenvalue weighted by Crippen LogP contribution is 2.31. The van der Waals surface area contributed by atoms with Crippen LogP contribution in [-0.2, 0) is 16.2 Å². The molecule has 1 saturated heterocycles.